The third kappa shape index (κ3) is 14.0. The minimum Gasteiger partial charge on any atom is -0.493 e. The minimum atomic E-state index is -4.61. The Morgan fingerprint density at radius 2 is 1.12 bits per heavy atom. The molecule has 11 rings (SSSR count). The van der Waals surface area contributed by atoms with Crippen LogP contribution in [0.2, 0.25) is 15.1 Å². The summed E-state index contributed by atoms with van der Waals surface area (Å²) in [7, 11) is 0. The summed E-state index contributed by atoms with van der Waals surface area (Å²) >= 11 is 18.3. The maximum atomic E-state index is 13.2. The van der Waals surface area contributed by atoms with Crippen LogP contribution in [-0.2, 0) is 33.3 Å². The second-order valence-corrected chi connectivity index (χ2v) is 22.8. The molecule has 2 N–H and O–H groups in total. The highest BCUT2D eigenvalue weighted by molar-refractivity contribution is 6.33. The molecule has 4 aliphatic rings. The second kappa shape index (κ2) is 25.0. The van der Waals surface area contributed by atoms with E-state index in [-0.39, 0.29) is 29.2 Å². The van der Waals surface area contributed by atoms with Crippen molar-refractivity contribution in [2.45, 2.75) is 71.4 Å². The predicted octanol–water partition coefficient (Wildman–Crippen LogP) is 13.1. The fraction of sp³-hybridized carbons (Fsp3) is 0.417. The van der Waals surface area contributed by atoms with Crippen molar-refractivity contribution in [3.05, 3.63) is 134 Å². The summed E-state index contributed by atoms with van der Waals surface area (Å²) in [4.78, 5) is 35.2. The average Bonchev–Trinajstić information content (AvgIpc) is 3.47. The number of carbonyl (C=O) groups excluding carboxylic acids is 1. The number of anilines is 1. The molecule has 2 spiro atoms. The molecular formula is C60H63Cl3F3N7O7. The van der Waals surface area contributed by atoms with Crippen LogP contribution in [0.1, 0.15) is 66.3 Å². The van der Waals surface area contributed by atoms with Crippen LogP contribution in [0, 0.1) is 24.7 Å². The van der Waals surface area contributed by atoms with E-state index >= 15 is 0 Å². The minimum absolute atomic E-state index is 0.0599. The number of carbonyl (C=O) groups is 1. The zero-order valence-corrected chi connectivity index (χ0v) is 47.0. The number of Topliss-reactive ketones (excluding diaryl/α,β-unsaturated/α-hetero) is 1. The van der Waals surface area contributed by atoms with Gasteiger partial charge in [0.1, 0.15) is 41.4 Å². The Hall–Kier alpha value is -6.05. The van der Waals surface area contributed by atoms with E-state index in [0.717, 1.165) is 124 Å². The van der Waals surface area contributed by atoms with E-state index in [1.165, 1.54) is 44.4 Å². The first-order chi connectivity index (χ1) is 38.5. The van der Waals surface area contributed by atoms with Crippen LogP contribution < -0.4 is 24.7 Å². The molecule has 0 unspecified atom stereocenters. The van der Waals surface area contributed by atoms with Gasteiger partial charge in [0.05, 0.1) is 82.7 Å². The number of piperidine rings is 2. The molecule has 4 fully saturated rings. The van der Waals surface area contributed by atoms with Gasteiger partial charge in [0.25, 0.3) is 0 Å². The largest absolute Gasteiger partial charge is 0.493 e. The summed E-state index contributed by atoms with van der Waals surface area (Å²) in [6.07, 6.45) is 4.91. The fourth-order valence-electron chi connectivity index (χ4n) is 10.5. The van der Waals surface area contributed by atoms with Crippen LogP contribution in [0.25, 0.3) is 21.8 Å². The third-order valence-corrected chi connectivity index (χ3v) is 16.6. The van der Waals surface area contributed by atoms with E-state index in [4.69, 9.17) is 69.0 Å². The van der Waals surface area contributed by atoms with Gasteiger partial charge in [-0.25, -0.2) is 19.9 Å². The molecule has 422 valence electrons. The number of benzene rings is 5. The van der Waals surface area contributed by atoms with Gasteiger partial charge < -0.3 is 44.0 Å². The number of ether oxygens (including phenoxy) is 6. The van der Waals surface area contributed by atoms with E-state index in [1.54, 1.807) is 36.4 Å². The molecular weight excluding hydrogens is 1090 g/mol. The number of ketones is 1. The fourth-order valence-corrected chi connectivity index (χ4v) is 11.2. The van der Waals surface area contributed by atoms with Crippen molar-refractivity contribution in [3.8, 4) is 34.8 Å². The summed E-state index contributed by atoms with van der Waals surface area (Å²) in [5.74, 6) is 3.09. The number of hydrogen-bond acceptors (Lipinski definition) is 14. The summed E-state index contributed by atoms with van der Waals surface area (Å²) in [6, 6.07) is 21.3. The van der Waals surface area contributed by atoms with Gasteiger partial charge in [-0.2, -0.15) is 13.2 Å². The van der Waals surface area contributed by atoms with Gasteiger partial charge >= 0.3 is 6.18 Å². The highest BCUT2D eigenvalue weighted by Crippen LogP contribution is 2.41. The monoisotopic (exact) mass is 1160 g/mol. The maximum Gasteiger partial charge on any atom is 0.417 e. The van der Waals surface area contributed by atoms with Crippen LogP contribution >= 0.6 is 34.8 Å². The van der Waals surface area contributed by atoms with Crippen molar-refractivity contribution in [1.29, 1.82) is 0 Å². The molecule has 0 atom stereocenters. The average molecular weight is 1160 g/mol. The lowest BCUT2D eigenvalue weighted by molar-refractivity contribution is -0.139. The van der Waals surface area contributed by atoms with Gasteiger partial charge in [0.15, 0.2) is 0 Å². The Labute approximate surface area is 477 Å². The number of nitrogens with two attached hydrogens (primary N) is 1. The standard InChI is InChI=1S/C35H34Cl2F3N3O4.C25H29ClN4O3/c1-22-13-27-31(18-32(22)46-12-2-9-43-10-7-34(8-11-43)19-45-20-34)41-21-42-33(27)47-26-5-4-24(30(37)17-26)16-25(44)14-23-3-6-29(36)28(15-23)35(38,39)40;1-17-11-19-22(28-16-29-24(19)33-18-3-4-21(27)20(26)12-18)13-23(17)32-10-2-7-30-8-5-25(6-9-30)14-31-15-25/h3-6,13,15,17-18,21H,2,7-12,14,16,19-20H2,1H3;3-4,11-13,16H,2,5-10,14-15,27H2,1H3. The van der Waals surface area contributed by atoms with Gasteiger partial charge in [-0.05, 0) is 149 Å². The Kier molecular flexibility index (Phi) is 17.9. The van der Waals surface area contributed by atoms with Gasteiger partial charge in [-0.3, -0.25) is 4.79 Å². The van der Waals surface area contributed by atoms with E-state index in [0.29, 0.717) is 74.5 Å². The Balaban J connectivity index is 0.000000191. The summed E-state index contributed by atoms with van der Waals surface area (Å²) in [5, 5.41) is 1.84. The highest BCUT2D eigenvalue weighted by atomic mass is 35.5. The molecule has 5 aromatic carbocycles. The Bertz CT molecular complexity index is 3350. The highest BCUT2D eigenvalue weighted by Gasteiger charge is 2.42. The lowest BCUT2D eigenvalue weighted by Gasteiger charge is -2.47. The number of rotatable bonds is 18. The van der Waals surface area contributed by atoms with Crippen LogP contribution in [0.3, 0.4) is 0 Å². The smallest absolute Gasteiger partial charge is 0.417 e. The van der Waals surface area contributed by atoms with Crippen LogP contribution in [0.5, 0.6) is 34.8 Å². The van der Waals surface area contributed by atoms with E-state index in [1.807, 2.05) is 38.1 Å². The SMILES string of the molecule is Cc1cc2c(Oc3ccc(CC(=O)Cc4ccc(Cl)c(C(F)(F)F)c4)c(Cl)c3)ncnc2cc1OCCCN1CCC2(CC1)COC2.Cc1cc2c(Oc3ccc(N)c(Cl)c3)ncnc2cc1OCCCN1CCC2(CC1)COC2. The normalized spacial score (nSPS) is 16.9. The molecule has 7 aromatic rings. The molecule has 0 radical (unpaired) electrons. The number of alkyl halides is 3. The molecule has 4 saturated heterocycles. The number of likely N-dealkylation sites (tertiary alicyclic amines) is 2. The number of hydrogen-bond donors (Lipinski definition) is 1. The van der Waals surface area contributed by atoms with Crippen molar-refractivity contribution in [3.63, 3.8) is 0 Å². The predicted molar refractivity (Wildman–Crippen MR) is 303 cm³/mol. The van der Waals surface area contributed by atoms with Crippen molar-refractivity contribution < 1.29 is 46.4 Å². The number of fused-ring (bicyclic) bond motifs is 2. The first-order valence-electron chi connectivity index (χ1n) is 26.9. The molecule has 0 bridgehead atoms. The van der Waals surface area contributed by atoms with Gasteiger partial charge in [0, 0.05) is 60.0 Å². The zero-order valence-electron chi connectivity index (χ0n) is 44.7. The first-order valence-corrected chi connectivity index (χ1v) is 28.1. The lowest BCUT2D eigenvalue weighted by Crippen LogP contribution is -2.51. The van der Waals surface area contributed by atoms with Gasteiger partial charge in [-0.1, -0.05) is 46.9 Å². The summed E-state index contributed by atoms with van der Waals surface area (Å²) in [6.45, 7) is 15.6. The quantitative estimate of drug-likeness (QED) is 0.0639. The molecule has 20 heteroatoms. The lowest BCUT2D eigenvalue weighted by atomic mass is 9.77. The topological polar surface area (TPSA) is 157 Å². The third-order valence-electron chi connectivity index (χ3n) is 15.6. The van der Waals surface area contributed by atoms with Crippen LogP contribution in [0.15, 0.2) is 91.5 Å². The molecule has 6 heterocycles. The molecule has 0 amide bonds. The maximum absolute atomic E-state index is 13.2. The molecule has 80 heavy (non-hydrogen) atoms. The van der Waals surface area contributed by atoms with E-state index in [2.05, 4.69) is 29.7 Å². The van der Waals surface area contributed by atoms with Crippen molar-refractivity contribution >= 4 is 68.1 Å². The zero-order chi connectivity index (χ0) is 56.0. The van der Waals surface area contributed by atoms with E-state index < -0.39 is 16.8 Å². The van der Waals surface area contributed by atoms with Gasteiger partial charge in [-0.15, -0.1) is 0 Å². The summed E-state index contributed by atoms with van der Waals surface area (Å²) < 4.78 is 74.8. The van der Waals surface area contributed by atoms with Gasteiger partial charge in [0.2, 0.25) is 11.8 Å². The molecule has 2 aromatic heterocycles. The summed E-state index contributed by atoms with van der Waals surface area (Å²) in [5.41, 5.74) is 10.4. The number of halogens is 6. The van der Waals surface area contributed by atoms with Crippen molar-refractivity contribution in [2.75, 3.05) is 84.6 Å². The molecule has 0 saturated carbocycles. The molecule has 14 nitrogen and oxygen atoms in total. The van der Waals surface area contributed by atoms with Crippen LogP contribution in [-0.4, -0.2) is 114 Å². The number of nitrogen functional groups attached to an aromatic ring is 1. The molecule has 4 aliphatic heterocycles. The first kappa shape index (κ1) is 57.2. The van der Waals surface area contributed by atoms with Crippen molar-refractivity contribution in [2.24, 2.45) is 10.8 Å². The Morgan fingerprint density at radius 3 is 1.59 bits per heavy atom. The molecule has 0 aliphatic carbocycles. The number of aromatic nitrogens is 4. The number of nitrogens with zero attached hydrogens (tertiary/aromatic N) is 6. The number of aryl methyl sites for hydroxylation is 2. The second-order valence-electron chi connectivity index (χ2n) is 21.5. The van der Waals surface area contributed by atoms with Crippen molar-refractivity contribution in [1.82, 2.24) is 29.7 Å². The van der Waals surface area contributed by atoms with Crippen LogP contribution in [0.4, 0.5) is 18.9 Å². The Morgan fingerprint density at radius 1 is 0.625 bits per heavy atom. The van der Waals surface area contributed by atoms with E-state index in [9.17, 15) is 18.0 Å².